The molecule has 0 unspecified atom stereocenters. The molecule has 148 valence electrons. The van der Waals surface area contributed by atoms with Crippen LogP contribution >= 0.6 is 0 Å². The standard InChI is InChI=1S/C20H23N3O5/c1-4-27-19-15(9-6-10-21-19)20(26)28-12-17(25)22-11-16(24)23-18-13(2)7-5-8-14(18)3/h5-10H,4,11-12H2,1-3H3,(H,22,25)(H,23,24). The number of ether oxygens (including phenoxy) is 2. The second-order valence-corrected chi connectivity index (χ2v) is 5.96. The van der Waals surface area contributed by atoms with Gasteiger partial charge in [0.25, 0.3) is 5.91 Å². The normalized spacial score (nSPS) is 10.1. The molecule has 0 spiro atoms. The average molecular weight is 385 g/mol. The number of hydrogen-bond acceptors (Lipinski definition) is 6. The van der Waals surface area contributed by atoms with Gasteiger partial charge in [0.15, 0.2) is 6.61 Å². The van der Waals surface area contributed by atoms with Gasteiger partial charge in [0.05, 0.1) is 13.2 Å². The maximum Gasteiger partial charge on any atom is 0.344 e. The summed E-state index contributed by atoms with van der Waals surface area (Å²) in [5.74, 6) is -1.55. The zero-order valence-electron chi connectivity index (χ0n) is 16.1. The zero-order chi connectivity index (χ0) is 20.5. The predicted molar refractivity (Wildman–Crippen MR) is 103 cm³/mol. The Morgan fingerprint density at radius 1 is 1.04 bits per heavy atom. The lowest BCUT2D eigenvalue weighted by atomic mass is 10.1. The van der Waals surface area contributed by atoms with Crippen molar-refractivity contribution >= 4 is 23.5 Å². The fourth-order valence-electron chi connectivity index (χ4n) is 2.43. The molecular weight excluding hydrogens is 362 g/mol. The van der Waals surface area contributed by atoms with E-state index < -0.39 is 18.5 Å². The molecule has 8 nitrogen and oxygen atoms in total. The third kappa shape index (κ3) is 5.80. The molecule has 2 amide bonds. The molecule has 0 saturated heterocycles. The molecule has 1 aromatic heterocycles. The van der Waals surface area contributed by atoms with E-state index in [1.807, 2.05) is 32.0 Å². The number of para-hydroxylation sites is 1. The number of carbonyl (C=O) groups excluding carboxylic acids is 3. The minimum absolute atomic E-state index is 0.130. The molecule has 0 aliphatic heterocycles. The summed E-state index contributed by atoms with van der Waals surface area (Å²) in [6, 6.07) is 8.73. The first-order valence-corrected chi connectivity index (χ1v) is 8.80. The monoisotopic (exact) mass is 385 g/mol. The summed E-state index contributed by atoms with van der Waals surface area (Å²) in [5, 5.41) is 5.17. The number of aromatic nitrogens is 1. The first kappa shape index (κ1) is 20.9. The highest BCUT2D eigenvalue weighted by Crippen LogP contribution is 2.19. The highest BCUT2D eigenvalue weighted by Gasteiger charge is 2.16. The second-order valence-electron chi connectivity index (χ2n) is 5.96. The predicted octanol–water partition coefficient (Wildman–Crippen LogP) is 2.01. The number of aryl methyl sites for hydroxylation is 2. The van der Waals surface area contributed by atoms with Crippen molar-refractivity contribution in [1.82, 2.24) is 10.3 Å². The molecule has 2 N–H and O–H groups in total. The van der Waals surface area contributed by atoms with Crippen LogP contribution in [0.5, 0.6) is 5.88 Å². The maximum absolute atomic E-state index is 12.1. The smallest absolute Gasteiger partial charge is 0.344 e. The van der Waals surface area contributed by atoms with Crippen LogP contribution < -0.4 is 15.4 Å². The summed E-state index contributed by atoms with van der Waals surface area (Å²) in [6.45, 7) is 5.12. The maximum atomic E-state index is 12.1. The Morgan fingerprint density at radius 3 is 2.43 bits per heavy atom. The third-order valence-electron chi connectivity index (χ3n) is 3.80. The summed E-state index contributed by atoms with van der Waals surface area (Å²) in [5.41, 5.74) is 2.70. The molecule has 0 aliphatic rings. The molecule has 0 radical (unpaired) electrons. The van der Waals surface area contributed by atoms with Gasteiger partial charge in [-0.2, -0.15) is 0 Å². The van der Waals surface area contributed by atoms with Crippen molar-refractivity contribution in [3.8, 4) is 5.88 Å². The Hall–Kier alpha value is -3.42. The van der Waals surface area contributed by atoms with E-state index in [0.717, 1.165) is 11.1 Å². The van der Waals surface area contributed by atoms with Crippen LogP contribution in [0.4, 0.5) is 5.69 Å². The Balaban J connectivity index is 1.81. The number of nitrogens with zero attached hydrogens (tertiary/aromatic N) is 1. The van der Waals surface area contributed by atoms with Gasteiger partial charge in [0, 0.05) is 11.9 Å². The van der Waals surface area contributed by atoms with Crippen molar-refractivity contribution in [1.29, 1.82) is 0 Å². The highest BCUT2D eigenvalue weighted by atomic mass is 16.5. The van der Waals surface area contributed by atoms with Crippen molar-refractivity contribution in [3.05, 3.63) is 53.2 Å². The van der Waals surface area contributed by atoms with Gasteiger partial charge >= 0.3 is 5.97 Å². The fraction of sp³-hybridized carbons (Fsp3) is 0.300. The fourth-order valence-corrected chi connectivity index (χ4v) is 2.43. The summed E-state index contributed by atoms with van der Waals surface area (Å²) < 4.78 is 10.2. The number of esters is 1. The first-order chi connectivity index (χ1) is 13.4. The number of pyridine rings is 1. The number of nitrogens with one attached hydrogen (secondary N) is 2. The minimum Gasteiger partial charge on any atom is -0.477 e. The molecule has 2 rings (SSSR count). The molecule has 8 heteroatoms. The van der Waals surface area contributed by atoms with Crippen LogP contribution in [0.25, 0.3) is 0 Å². The van der Waals surface area contributed by atoms with Crippen molar-refractivity contribution in [2.45, 2.75) is 20.8 Å². The molecule has 0 saturated carbocycles. The topological polar surface area (TPSA) is 107 Å². The molecule has 1 aromatic carbocycles. The number of amides is 2. The molecule has 0 atom stereocenters. The van der Waals surface area contributed by atoms with Crippen LogP contribution in [0.2, 0.25) is 0 Å². The quantitative estimate of drug-likeness (QED) is 0.673. The molecule has 0 bridgehead atoms. The summed E-state index contributed by atoms with van der Waals surface area (Å²) in [7, 11) is 0. The lowest BCUT2D eigenvalue weighted by Crippen LogP contribution is -2.35. The van der Waals surface area contributed by atoms with Crippen molar-refractivity contribution in [2.24, 2.45) is 0 Å². The van der Waals surface area contributed by atoms with E-state index in [2.05, 4.69) is 15.6 Å². The van der Waals surface area contributed by atoms with Crippen LogP contribution in [0, 0.1) is 13.8 Å². The molecule has 2 aromatic rings. The Morgan fingerprint density at radius 2 is 1.75 bits per heavy atom. The number of carbonyl (C=O) groups is 3. The molecule has 28 heavy (non-hydrogen) atoms. The van der Waals surface area contributed by atoms with Gasteiger partial charge in [-0.1, -0.05) is 18.2 Å². The van der Waals surface area contributed by atoms with E-state index in [0.29, 0.717) is 12.3 Å². The van der Waals surface area contributed by atoms with E-state index >= 15 is 0 Å². The van der Waals surface area contributed by atoms with Gasteiger partial charge in [0.2, 0.25) is 11.8 Å². The van der Waals surface area contributed by atoms with Crippen LogP contribution in [0.1, 0.15) is 28.4 Å². The molecule has 0 fully saturated rings. The van der Waals surface area contributed by atoms with E-state index in [-0.39, 0.29) is 23.9 Å². The zero-order valence-corrected chi connectivity index (χ0v) is 16.1. The minimum atomic E-state index is -0.730. The van der Waals surface area contributed by atoms with Gasteiger partial charge in [-0.15, -0.1) is 0 Å². The highest BCUT2D eigenvalue weighted by molar-refractivity contribution is 5.96. The van der Waals surface area contributed by atoms with Crippen LogP contribution in [-0.4, -0.2) is 42.5 Å². The average Bonchev–Trinajstić information content (AvgIpc) is 2.68. The van der Waals surface area contributed by atoms with Crippen LogP contribution in [-0.2, 0) is 14.3 Å². The van der Waals surface area contributed by atoms with Crippen molar-refractivity contribution in [2.75, 3.05) is 25.1 Å². The van der Waals surface area contributed by atoms with Crippen LogP contribution in [0.15, 0.2) is 36.5 Å². The number of benzene rings is 1. The molecular formula is C20H23N3O5. The van der Waals surface area contributed by atoms with Gasteiger partial charge in [-0.05, 0) is 44.0 Å². The number of rotatable bonds is 8. The van der Waals surface area contributed by atoms with Gasteiger partial charge < -0.3 is 20.1 Å². The summed E-state index contributed by atoms with van der Waals surface area (Å²) in [6.07, 6.45) is 1.49. The molecule has 0 aliphatic carbocycles. The third-order valence-corrected chi connectivity index (χ3v) is 3.80. The van der Waals surface area contributed by atoms with E-state index in [4.69, 9.17) is 9.47 Å². The lowest BCUT2D eigenvalue weighted by molar-refractivity contribution is -0.126. The van der Waals surface area contributed by atoms with Crippen molar-refractivity contribution < 1.29 is 23.9 Å². The molecule has 1 heterocycles. The second kappa shape index (κ2) is 10.1. The summed E-state index contributed by atoms with van der Waals surface area (Å²) >= 11 is 0. The SMILES string of the molecule is CCOc1ncccc1C(=O)OCC(=O)NCC(=O)Nc1c(C)cccc1C. The number of hydrogen-bond donors (Lipinski definition) is 2. The lowest BCUT2D eigenvalue weighted by Gasteiger charge is -2.12. The largest absolute Gasteiger partial charge is 0.477 e. The van der Waals surface area contributed by atoms with E-state index in [1.54, 1.807) is 13.0 Å². The Kier molecular flexibility index (Phi) is 7.50. The number of anilines is 1. The van der Waals surface area contributed by atoms with Crippen LogP contribution in [0.3, 0.4) is 0 Å². The summed E-state index contributed by atoms with van der Waals surface area (Å²) in [4.78, 5) is 40.0. The van der Waals surface area contributed by atoms with Crippen molar-refractivity contribution in [3.63, 3.8) is 0 Å². The van der Waals surface area contributed by atoms with E-state index in [9.17, 15) is 14.4 Å². The van der Waals surface area contributed by atoms with E-state index in [1.165, 1.54) is 12.3 Å². The first-order valence-electron chi connectivity index (χ1n) is 8.80. The Bertz CT molecular complexity index is 846. The Labute approximate surface area is 163 Å². The van der Waals surface area contributed by atoms with Gasteiger partial charge in [-0.3, -0.25) is 9.59 Å². The van der Waals surface area contributed by atoms with Gasteiger partial charge in [-0.25, -0.2) is 9.78 Å². The van der Waals surface area contributed by atoms with Gasteiger partial charge in [0.1, 0.15) is 5.56 Å².